The number of rotatable bonds is 4. The van der Waals surface area contributed by atoms with Gasteiger partial charge in [0.1, 0.15) is 4.90 Å². The molecule has 0 aliphatic carbocycles. The van der Waals surface area contributed by atoms with Crippen LogP contribution in [0.2, 0.25) is 0 Å². The van der Waals surface area contributed by atoms with E-state index in [9.17, 15) is 8.42 Å². The first-order chi connectivity index (χ1) is 8.92. The summed E-state index contributed by atoms with van der Waals surface area (Å²) in [6.07, 6.45) is 3.29. The van der Waals surface area contributed by atoms with E-state index in [0.29, 0.717) is 5.69 Å². The second kappa shape index (κ2) is 5.60. The largest absolute Gasteiger partial charge is 0.303 e. The van der Waals surface area contributed by atoms with Crippen molar-refractivity contribution >= 4 is 10.0 Å². The van der Waals surface area contributed by atoms with Gasteiger partial charge in [-0.3, -0.25) is 4.68 Å². The number of nitrogens with zero attached hydrogens (tertiary/aromatic N) is 3. The summed E-state index contributed by atoms with van der Waals surface area (Å²) in [5, 5.41) is 4.09. The molecule has 1 aliphatic heterocycles. The Balaban J connectivity index is 2.04. The van der Waals surface area contributed by atoms with Crippen molar-refractivity contribution in [2.45, 2.75) is 37.6 Å². The summed E-state index contributed by atoms with van der Waals surface area (Å²) in [5.74, 6) is 0. The average molecular weight is 286 g/mol. The highest BCUT2D eigenvalue weighted by atomic mass is 32.2. The number of aryl methyl sites for hydroxylation is 2. The topological polar surface area (TPSA) is 67.2 Å². The second-order valence-corrected chi connectivity index (χ2v) is 6.76. The molecule has 19 heavy (non-hydrogen) atoms. The summed E-state index contributed by atoms with van der Waals surface area (Å²) in [6.45, 7) is 6.78. The van der Waals surface area contributed by atoms with Gasteiger partial charge in [0.25, 0.3) is 0 Å². The summed E-state index contributed by atoms with van der Waals surface area (Å²) in [6, 6.07) is 0.0346. The molecule has 2 rings (SSSR count). The van der Waals surface area contributed by atoms with Gasteiger partial charge in [-0.05, 0) is 39.4 Å². The van der Waals surface area contributed by atoms with E-state index in [4.69, 9.17) is 0 Å². The first kappa shape index (κ1) is 14.5. The molecule has 1 aromatic rings. The van der Waals surface area contributed by atoms with Crippen molar-refractivity contribution in [1.29, 1.82) is 0 Å². The van der Waals surface area contributed by atoms with Crippen molar-refractivity contribution in [3.8, 4) is 0 Å². The molecule has 0 spiro atoms. The number of likely N-dealkylation sites (tertiary alicyclic amines) is 1. The zero-order valence-corrected chi connectivity index (χ0v) is 12.6. The predicted molar refractivity (Wildman–Crippen MR) is 73.4 cm³/mol. The highest BCUT2D eigenvalue weighted by Gasteiger charge is 2.26. The molecule has 7 heteroatoms. The van der Waals surface area contributed by atoms with Crippen LogP contribution in [-0.2, 0) is 17.1 Å². The standard InChI is InChI=1S/C12H22N4O2S/c1-4-16-7-5-11(6-8-16)14-19(17,18)12-9-15(3)13-10(12)2/h9,11,14H,4-8H2,1-3H3. The fraction of sp³-hybridized carbons (Fsp3) is 0.750. The molecule has 0 unspecified atom stereocenters. The summed E-state index contributed by atoms with van der Waals surface area (Å²) in [5.41, 5.74) is 0.543. The van der Waals surface area contributed by atoms with Crippen LogP contribution in [0.25, 0.3) is 0 Å². The Morgan fingerprint density at radius 3 is 2.53 bits per heavy atom. The van der Waals surface area contributed by atoms with Gasteiger partial charge in [0, 0.05) is 19.3 Å². The van der Waals surface area contributed by atoms with Crippen LogP contribution >= 0.6 is 0 Å². The molecular weight excluding hydrogens is 264 g/mol. The van der Waals surface area contributed by atoms with E-state index in [1.54, 1.807) is 20.2 Å². The maximum absolute atomic E-state index is 12.3. The molecule has 1 saturated heterocycles. The van der Waals surface area contributed by atoms with Gasteiger partial charge in [0.05, 0.1) is 5.69 Å². The van der Waals surface area contributed by atoms with Gasteiger partial charge in [-0.2, -0.15) is 5.10 Å². The van der Waals surface area contributed by atoms with Gasteiger partial charge < -0.3 is 4.90 Å². The molecule has 0 aromatic carbocycles. The molecule has 1 N–H and O–H groups in total. The van der Waals surface area contributed by atoms with Crippen molar-refractivity contribution in [3.63, 3.8) is 0 Å². The molecule has 0 amide bonds. The van der Waals surface area contributed by atoms with Crippen LogP contribution in [0.4, 0.5) is 0 Å². The molecule has 0 bridgehead atoms. The maximum Gasteiger partial charge on any atom is 0.244 e. The molecule has 108 valence electrons. The van der Waals surface area contributed by atoms with Crippen LogP contribution in [0.3, 0.4) is 0 Å². The lowest BCUT2D eigenvalue weighted by Gasteiger charge is -2.31. The third-order valence-corrected chi connectivity index (χ3v) is 5.24. The second-order valence-electron chi connectivity index (χ2n) is 5.08. The molecule has 0 saturated carbocycles. The molecule has 1 aromatic heterocycles. The van der Waals surface area contributed by atoms with E-state index in [1.807, 2.05) is 0 Å². The lowest BCUT2D eigenvalue weighted by Crippen LogP contribution is -2.44. The smallest absolute Gasteiger partial charge is 0.244 e. The van der Waals surface area contributed by atoms with Crippen molar-refractivity contribution < 1.29 is 8.42 Å². The van der Waals surface area contributed by atoms with E-state index >= 15 is 0 Å². The molecule has 6 nitrogen and oxygen atoms in total. The van der Waals surface area contributed by atoms with E-state index in [1.165, 1.54) is 4.68 Å². The third-order valence-electron chi connectivity index (χ3n) is 3.61. The van der Waals surface area contributed by atoms with Gasteiger partial charge in [0.15, 0.2) is 0 Å². The molecule has 1 aliphatic rings. The summed E-state index contributed by atoms with van der Waals surface area (Å²) in [4.78, 5) is 2.62. The molecule has 2 heterocycles. The van der Waals surface area contributed by atoms with Crippen molar-refractivity contribution in [2.75, 3.05) is 19.6 Å². The van der Waals surface area contributed by atoms with E-state index in [-0.39, 0.29) is 10.9 Å². The van der Waals surface area contributed by atoms with Crippen LogP contribution in [0.5, 0.6) is 0 Å². The summed E-state index contributed by atoms with van der Waals surface area (Å²) >= 11 is 0. The Morgan fingerprint density at radius 2 is 2.05 bits per heavy atom. The minimum Gasteiger partial charge on any atom is -0.303 e. The van der Waals surface area contributed by atoms with Crippen LogP contribution in [0, 0.1) is 6.92 Å². The Morgan fingerprint density at radius 1 is 1.42 bits per heavy atom. The number of sulfonamides is 1. The van der Waals surface area contributed by atoms with Gasteiger partial charge in [0.2, 0.25) is 10.0 Å². The third kappa shape index (κ3) is 3.34. The minimum absolute atomic E-state index is 0.0346. The zero-order chi connectivity index (χ0) is 14.0. The van der Waals surface area contributed by atoms with E-state index < -0.39 is 10.0 Å². The molecular formula is C12H22N4O2S. The molecule has 0 radical (unpaired) electrons. The maximum atomic E-state index is 12.3. The Labute approximate surface area is 114 Å². The monoisotopic (exact) mass is 286 g/mol. The lowest BCUT2D eigenvalue weighted by molar-refractivity contribution is 0.217. The zero-order valence-electron chi connectivity index (χ0n) is 11.8. The van der Waals surface area contributed by atoms with E-state index in [0.717, 1.165) is 32.5 Å². The van der Waals surface area contributed by atoms with E-state index in [2.05, 4.69) is 21.6 Å². The summed E-state index contributed by atoms with van der Waals surface area (Å²) in [7, 11) is -1.72. The fourth-order valence-corrected chi connectivity index (χ4v) is 4.01. The van der Waals surface area contributed by atoms with Crippen LogP contribution < -0.4 is 4.72 Å². The first-order valence-electron chi connectivity index (χ1n) is 6.67. The molecule has 1 fully saturated rings. The number of piperidine rings is 1. The number of aromatic nitrogens is 2. The van der Waals surface area contributed by atoms with Crippen molar-refractivity contribution in [3.05, 3.63) is 11.9 Å². The first-order valence-corrected chi connectivity index (χ1v) is 8.15. The Hall–Kier alpha value is -0.920. The highest BCUT2D eigenvalue weighted by molar-refractivity contribution is 7.89. The van der Waals surface area contributed by atoms with Crippen molar-refractivity contribution in [2.24, 2.45) is 7.05 Å². The van der Waals surface area contributed by atoms with Gasteiger partial charge >= 0.3 is 0 Å². The van der Waals surface area contributed by atoms with Crippen LogP contribution in [-0.4, -0.2) is 48.8 Å². The number of nitrogens with one attached hydrogen (secondary N) is 1. The van der Waals surface area contributed by atoms with Crippen LogP contribution in [0.1, 0.15) is 25.5 Å². The SMILES string of the molecule is CCN1CCC(NS(=O)(=O)c2cn(C)nc2C)CC1. The van der Waals surface area contributed by atoms with Crippen LogP contribution in [0.15, 0.2) is 11.1 Å². The highest BCUT2D eigenvalue weighted by Crippen LogP contribution is 2.16. The Kier molecular flexibility index (Phi) is 4.27. The minimum atomic E-state index is -3.45. The number of hydrogen-bond donors (Lipinski definition) is 1. The summed E-state index contributed by atoms with van der Waals surface area (Å²) < 4.78 is 28.9. The quantitative estimate of drug-likeness (QED) is 0.875. The number of hydrogen-bond acceptors (Lipinski definition) is 4. The normalized spacial score (nSPS) is 18.9. The lowest BCUT2D eigenvalue weighted by atomic mass is 10.1. The predicted octanol–water partition coefficient (Wildman–Crippen LogP) is 0.491. The van der Waals surface area contributed by atoms with Gasteiger partial charge in [-0.15, -0.1) is 0 Å². The molecule has 0 atom stereocenters. The average Bonchev–Trinajstić information content (AvgIpc) is 2.70. The van der Waals surface area contributed by atoms with Crippen molar-refractivity contribution in [1.82, 2.24) is 19.4 Å². The Bertz CT molecular complexity index is 530. The fourth-order valence-electron chi connectivity index (χ4n) is 2.49. The van der Waals surface area contributed by atoms with Gasteiger partial charge in [-0.1, -0.05) is 6.92 Å². The van der Waals surface area contributed by atoms with Gasteiger partial charge in [-0.25, -0.2) is 13.1 Å².